The lowest BCUT2D eigenvalue weighted by Crippen LogP contribution is -2.03. The molecule has 0 atom stereocenters. The number of nitrogens with zero attached hydrogens (tertiary/aromatic N) is 3. The second-order valence-corrected chi connectivity index (χ2v) is 4.93. The topological polar surface area (TPSA) is 82.3 Å². The first kappa shape index (κ1) is 12.9. The van der Waals surface area contributed by atoms with Crippen molar-refractivity contribution in [3.8, 4) is 11.5 Å². The zero-order valence-corrected chi connectivity index (χ0v) is 12.0. The van der Waals surface area contributed by atoms with Gasteiger partial charge in [0.1, 0.15) is 17.5 Å². The number of aryl methyl sites for hydroxylation is 1. The van der Waals surface area contributed by atoms with Crippen molar-refractivity contribution in [1.82, 2.24) is 15.1 Å². The number of nitrogens with one attached hydrogen (secondary N) is 1. The number of hydrogen-bond donors (Lipinski definition) is 1. The van der Waals surface area contributed by atoms with E-state index in [2.05, 4.69) is 20.4 Å². The van der Waals surface area contributed by atoms with Crippen molar-refractivity contribution in [2.75, 3.05) is 12.1 Å². The van der Waals surface area contributed by atoms with Gasteiger partial charge in [0.15, 0.2) is 11.5 Å². The number of rotatable bonds is 4. The highest BCUT2D eigenvalue weighted by molar-refractivity contribution is 5.87. The second-order valence-electron chi connectivity index (χ2n) is 4.93. The van der Waals surface area contributed by atoms with Gasteiger partial charge >= 0.3 is 0 Å². The van der Waals surface area contributed by atoms with Gasteiger partial charge in [-0.2, -0.15) is 4.98 Å². The van der Waals surface area contributed by atoms with E-state index < -0.39 is 0 Å². The Morgan fingerprint density at radius 2 is 2.09 bits per heavy atom. The fourth-order valence-electron chi connectivity index (χ4n) is 2.45. The van der Waals surface area contributed by atoms with Crippen LogP contribution in [0.2, 0.25) is 0 Å². The predicted molar refractivity (Wildman–Crippen MR) is 78.9 cm³/mol. The van der Waals surface area contributed by atoms with Gasteiger partial charge < -0.3 is 19.3 Å². The van der Waals surface area contributed by atoms with Crippen molar-refractivity contribution in [3.05, 3.63) is 35.8 Å². The summed E-state index contributed by atoms with van der Waals surface area (Å²) in [4.78, 5) is 8.39. The smallest absolute Gasteiger partial charge is 0.263 e. The second kappa shape index (κ2) is 5.18. The van der Waals surface area contributed by atoms with Crippen molar-refractivity contribution in [2.24, 2.45) is 0 Å². The Morgan fingerprint density at radius 1 is 1.18 bits per heavy atom. The van der Waals surface area contributed by atoms with E-state index in [0.29, 0.717) is 12.3 Å². The maximum Gasteiger partial charge on any atom is 0.263 e. The van der Waals surface area contributed by atoms with E-state index in [4.69, 9.17) is 14.0 Å². The average Bonchev–Trinajstić information content (AvgIpc) is 3.18. The zero-order chi connectivity index (χ0) is 14.9. The van der Waals surface area contributed by atoms with Gasteiger partial charge in [-0.25, -0.2) is 4.98 Å². The molecule has 0 unspecified atom stereocenters. The Bertz CT molecular complexity index is 831. The van der Waals surface area contributed by atoms with Crippen molar-refractivity contribution in [3.63, 3.8) is 0 Å². The molecule has 2 aromatic heterocycles. The SMILES string of the molecule is CCc1noc2ncnc(NCc3ccc4c(c3)OCO4)c12. The summed E-state index contributed by atoms with van der Waals surface area (Å²) in [5.41, 5.74) is 2.43. The molecule has 0 saturated carbocycles. The highest BCUT2D eigenvalue weighted by atomic mass is 16.7. The quantitative estimate of drug-likeness (QED) is 0.792. The molecule has 0 aliphatic carbocycles. The molecule has 0 radical (unpaired) electrons. The summed E-state index contributed by atoms with van der Waals surface area (Å²) in [5, 5.41) is 8.17. The minimum absolute atomic E-state index is 0.277. The van der Waals surface area contributed by atoms with Gasteiger partial charge in [0, 0.05) is 6.54 Å². The van der Waals surface area contributed by atoms with E-state index >= 15 is 0 Å². The minimum Gasteiger partial charge on any atom is -0.454 e. The van der Waals surface area contributed by atoms with Crippen molar-refractivity contribution in [1.29, 1.82) is 0 Å². The number of fused-ring (bicyclic) bond motifs is 2. The van der Waals surface area contributed by atoms with Gasteiger partial charge in [-0.15, -0.1) is 0 Å². The first-order chi connectivity index (χ1) is 10.8. The highest BCUT2D eigenvalue weighted by Crippen LogP contribution is 2.33. The van der Waals surface area contributed by atoms with Gasteiger partial charge in [0.05, 0.1) is 5.69 Å². The molecule has 22 heavy (non-hydrogen) atoms. The van der Waals surface area contributed by atoms with E-state index in [9.17, 15) is 0 Å². The molecule has 1 aromatic carbocycles. The zero-order valence-electron chi connectivity index (χ0n) is 12.0. The third-order valence-electron chi connectivity index (χ3n) is 3.58. The summed E-state index contributed by atoms with van der Waals surface area (Å²) in [6.07, 6.45) is 2.23. The van der Waals surface area contributed by atoms with Crippen molar-refractivity contribution in [2.45, 2.75) is 19.9 Å². The van der Waals surface area contributed by atoms with Crippen LogP contribution in [0.3, 0.4) is 0 Å². The maximum absolute atomic E-state index is 5.38. The fraction of sp³-hybridized carbons (Fsp3) is 0.267. The minimum atomic E-state index is 0.277. The summed E-state index contributed by atoms with van der Waals surface area (Å²) >= 11 is 0. The molecule has 7 nitrogen and oxygen atoms in total. The summed E-state index contributed by atoms with van der Waals surface area (Å²) in [5.74, 6) is 2.27. The monoisotopic (exact) mass is 298 g/mol. The standard InChI is InChI=1S/C15H14N4O3/c1-2-10-13-14(17-7-18-15(13)22-19-10)16-6-9-3-4-11-12(5-9)21-8-20-11/h3-5,7H,2,6,8H2,1H3,(H,16,17,18). The van der Waals surface area contributed by atoms with Crippen LogP contribution >= 0.6 is 0 Å². The first-order valence-corrected chi connectivity index (χ1v) is 7.07. The average molecular weight is 298 g/mol. The summed E-state index contributed by atoms with van der Waals surface area (Å²) in [6, 6.07) is 5.86. The Kier molecular flexibility index (Phi) is 3.03. The maximum atomic E-state index is 5.38. The Balaban J connectivity index is 1.60. The van der Waals surface area contributed by atoms with E-state index in [0.717, 1.165) is 40.4 Å². The van der Waals surface area contributed by atoms with Crippen LogP contribution in [-0.2, 0) is 13.0 Å². The van der Waals surface area contributed by atoms with Gasteiger partial charge in [-0.3, -0.25) is 0 Å². The van der Waals surface area contributed by atoms with Crippen LogP contribution in [0.4, 0.5) is 5.82 Å². The van der Waals surface area contributed by atoms with E-state index in [1.165, 1.54) is 6.33 Å². The Morgan fingerprint density at radius 3 is 3.00 bits per heavy atom. The van der Waals surface area contributed by atoms with Crippen LogP contribution in [0.25, 0.3) is 11.1 Å². The van der Waals surface area contributed by atoms with Gasteiger partial charge in [-0.1, -0.05) is 18.1 Å². The predicted octanol–water partition coefficient (Wildman–Crippen LogP) is 2.52. The van der Waals surface area contributed by atoms with Crippen LogP contribution in [0, 0.1) is 0 Å². The number of anilines is 1. The van der Waals surface area contributed by atoms with Crippen LogP contribution in [0.5, 0.6) is 11.5 Å². The molecule has 4 rings (SSSR count). The number of benzene rings is 1. The molecule has 7 heteroatoms. The van der Waals surface area contributed by atoms with Crippen LogP contribution < -0.4 is 14.8 Å². The lowest BCUT2D eigenvalue weighted by Gasteiger charge is -2.07. The van der Waals surface area contributed by atoms with E-state index in [1.807, 2.05) is 25.1 Å². The Labute approximate surface area is 126 Å². The molecule has 3 heterocycles. The molecule has 1 N–H and O–H groups in total. The molecule has 112 valence electrons. The molecule has 0 spiro atoms. The highest BCUT2D eigenvalue weighted by Gasteiger charge is 2.15. The lowest BCUT2D eigenvalue weighted by atomic mass is 10.2. The van der Waals surface area contributed by atoms with Crippen LogP contribution in [-0.4, -0.2) is 21.9 Å². The summed E-state index contributed by atoms with van der Waals surface area (Å²) in [7, 11) is 0. The molecule has 0 saturated heterocycles. The fourth-order valence-corrected chi connectivity index (χ4v) is 2.45. The first-order valence-electron chi connectivity index (χ1n) is 7.07. The van der Waals surface area contributed by atoms with Crippen LogP contribution in [0.15, 0.2) is 29.0 Å². The molecule has 1 aliphatic heterocycles. The lowest BCUT2D eigenvalue weighted by molar-refractivity contribution is 0.174. The summed E-state index contributed by atoms with van der Waals surface area (Å²) < 4.78 is 15.9. The molecule has 0 fully saturated rings. The van der Waals surface area contributed by atoms with E-state index in [1.54, 1.807) is 0 Å². The van der Waals surface area contributed by atoms with Crippen molar-refractivity contribution < 1.29 is 14.0 Å². The molecular weight excluding hydrogens is 284 g/mol. The third kappa shape index (κ3) is 2.11. The van der Waals surface area contributed by atoms with Gasteiger partial charge in [-0.05, 0) is 24.1 Å². The molecular formula is C15H14N4O3. The number of aromatic nitrogens is 3. The van der Waals surface area contributed by atoms with Crippen molar-refractivity contribution >= 4 is 16.9 Å². The number of hydrogen-bond acceptors (Lipinski definition) is 7. The number of ether oxygens (including phenoxy) is 2. The van der Waals surface area contributed by atoms with Gasteiger partial charge in [0.2, 0.25) is 6.79 Å². The molecule has 1 aliphatic rings. The largest absolute Gasteiger partial charge is 0.454 e. The normalized spacial score (nSPS) is 12.8. The third-order valence-corrected chi connectivity index (χ3v) is 3.58. The van der Waals surface area contributed by atoms with Crippen LogP contribution in [0.1, 0.15) is 18.2 Å². The molecule has 0 bridgehead atoms. The molecule has 3 aromatic rings. The summed E-state index contributed by atoms with van der Waals surface area (Å²) in [6.45, 7) is 2.91. The molecule has 0 amide bonds. The Hall–Kier alpha value is -2.83. The van der Waals surface area contributed by atoms with Gasteiger partial charge in [0.25, 0.3) is 5.71 Å². The van der Waals surface area contributed by atoms with E-state index in [-0.39, 0.29) is 6.79 Å².